The van der Waals surface area contributed by atoms with Crippen LogP contribution in [0.2, 0.25) is 5.02 Å². The molecule has 1 aliphatic heterocycles. The predicted octanol–water partition coefficient (Wildman–Crippen LogP) is 3.93. The minimum atomic E-state index is -3.73. The maximum absolute atomic E-state index is 13.1. The van der Waals surface area contributed by atoms with Gasteiger partial charge in [-0.2, -0.15) is 16.1 Å². The number of rotatable bonds is 8. The summed E-state index contributed by atoms with van der Waals surface area (Å²) in [5.41, 5.74) is 1.17. The number of carbonyl (C=O) groups is 1. The number of thioether (sulfide) groups is 1. The molecule has 1 N–H and O–H groups in total. The average Bonchev–Trinajstić information content (AvgIpc) is 2.75. The van der Waals surface area contributed by atoms with Crippen molar-refractivity contribution in [3.05, 3.63) is 64.9 Å². The zero-order chi connectivity index (χ0) is 21.6. The normalized spacial score (nSPS) is 17.6. The van der Waals surface area contributed by atoms with E-state index in [-0.39, 0.29) is 23.3 Å². The van der Waals surface area contributed by atoms with Crippen molar-refractivity contribution in [2.45, 2.75) is 23.5 Å². The molecule has 1 fully saturated rings. The van der Waals surface area contributed by atoms with Gasteiger partial charge in [0.15, 0.2) is 0 Å². The molecule has 1 amide bonds. The zero-order valence-corrected chi connectivity index (χ0v) is 18.8. The average molecular weight is 471 g/mol. The Morgan fingerprint density at radius 2 is 1.87 bits per heavy atom. The Balaban J connectivity index is 1.45. The van der Waals surface area contributed by atoms with Crippen LogP contribution >= 0.6 is 23.4 Å². The summed E-state index contributed by atoms with van der Waals surface area (Å²) in [5, 5.41) is 3.62. The van der Waals surface area contributed by atoms with Gasteiger partial charge in [0.05, 0.1) is 10.8 Å². The first-order chi connectivity index (χ1) is 14.4. The molecule has 1 saturated heterocycles. The van der Waals surface area contributed by atoms with Crippen molar-refractivity contribution in [3.63, 3.8) is 0 Å². The number of amides is 1. The molecule has 5 nitrogen and oxygen atoms in total. The zero-order valence-electron chi connectivity index (χ0n) is 16.4. The molecule has 2 aromatic carbocycles. The Labute approximate surface area is 186 Å². The third kappa shape index (κ3) is 6.20. The monoisotopic (exact) mass is 470 g/mol. The smallest absolute Gasteiger partial charge is 0.243 e. The van der Waals surface area contributed by atoms with Crippen molar-refractivity contribution < 1.29 is 17.6 Å². The van der Waals surface area contributed by atoms with Crippen LogP contribution in [0.1, 0.15) is 18.4 Å². The number of hydrogen-bond donors (Lipinski definition) is 1. The van der Waals surface area contributed by atoms with Crippen molar-refractivity contribution in [2.75, 3.05) is 25.4 Å². The highest BCUT2D eigenvalue weighted by Crippen LogP contribution is 2.24. The molecule has 30 heavy (non-hydrogen) atoms. The quantitative estimate of drug-likeness (QED) is 0.593. The Kier molecular flexibility index (Phi) is 8.16. The van der Waals surface area contributed by atoms with Gasteiger partial charge in [0, 0.05) is 36.2 Å². The fraction of sp³-hybridized carbons (Fsp3) is 0.381. The highest BCUT2D eigenvalue weighted by Gasteiger charge is 2.33. The largest absolute Gasteiger partial charge is 0.355 e. The van der Waals surface area contributed by atoms with E-state index in [4.69, 9.17) is 11.6 Å². The minimum absolute atomic E-state index is 0.0450. The molecule has 1 atom stereocenters. The lowest BCUT2D eigenvalue weighted by atomic mass is 9.99. The lowest BCUT2D eigenvalue weighted by Crippen LogP contribution is -2.45. The molecule has 0 saturated carbocycles. The van der Waals surface area contributed by atoms with Crippen molar-refractivity contribution in [1.29, 1.82) is 0 Å². The Morgan fingerprint density at radius 3 is 2.57 bits per heavy atom. The summed E-state index contributed by atoms with van der Waals surface area (Å²) in [7, 11) is -3.73. The van der Waals surface area contributed by atoms with Crippen LogP contribution in [0.3, 0.4) is 0 Å². The van der Waals surface area contributed by atoms with Gasteiger partial charge in [-0.05, 0) is 54.8 Å². The summed E-state index contributed by atoms with van der Waals surface area (Å²) in [6.45, 7) is 1.03. The van der Waals surface area contributed by atoms with Crippen molar-refractivity contribution in [1.82, 2.24) is 9.62 Å². The molecule has 9 heteroatoms. The molecular weight excluding hydrogens is 447 g/mol. The number of piperidine rings is 1. The van der Waals surface area contributed by atoms with E-state index in [1.807, 2.05) is 24.3 Å². The van der Waals surface area contributed by atoms with Gasteiger partial charge >= 0.3 is 0 Å². The first kappa shape index (κ1) is 23.1. The van der Waals surface area contributed by atoms with E-state index in [0.29, 0.717) is 31.0 Å². The molecule has 1 aliphatic rings. The van der Waals surface area contributed by atoms with E-state index in [0.717, 1.165) is 23.6 Å². The van der Waals surface area contributed by atoms with Crippen molar-refractivity contribution >= 4 is 39.3 Å². The van der Waals surface area contributed by atoms with Gasteiger partial charge in [0.2, 0.25) is 15.9 Å². The summed E-state index contributed by atoms with van der Waals surface area (Å²) >= 11 is 7.58. The minimum Gasteiger partial charge on any atom is -0.355 e. The molecule has 0 aromatic heterocycles. The standard InChI is InChI=1S/C21H24ClFN2O3S2/c22-18-5-3-16(4-6-18)15-29-13-11-24-21(26)17-2-1-12-25(14-17)30(27,28)20-9-7-19(23)8-10-20/h3-10,17H,1-2,11-15H2,(H,24,26). The van der Waals surface area contributed by atoms with Crippen LogP contribution in [-0.2, 0) is 20.6 Å². The first-order valence-electron chi connectivity index (χ1n) is 9.72. The highest BCUT2D eigenvalue weighted by molar-refractivity contribution is 7.98. The molecule has 0 aliphatic carbocycles. The fourth-order valence-corrected chi connectivity index (χ4v) is 5.76. The summed E-state index contributed by atoms with van der Waals surface area (Å²) in [5.74, 6) is 0.605. The van der Waals surface area contributed by atoms with Gasteiger partial charge in [-0.15, -0.1) is 0 Å². The van der Waals surface area contributed by atoms with Crippen LogP contribution in [-0.4, -0.2) is 44.0 Å². The number of halogens is 2. The number of hydrogen-bond acceptors (Lipinski definition) is 4. The molecule has 0 bridgehead atoms. The summed E-state index contributed by atoms with van der Waals surface area (Å²) in [6, 6.07) is 12.4. The van der Waals surface area contributed by atoms with Gasteiger partial charge < -0.3 is 5.32 Å². The molecule has 1 unspecified atom stereocenters. The molecule has 2 aromatic rings. The van der Waals surface area contributed by atoms with E-state index in [1.54, 1.807) is 11.8 Å². The molecular formula is C21H24ClFN2O3S2. The maximum Gasteiger partial charge on any atom is 0.243 e. The topological polar surface area (TPSA) is 66.5 Å². The third-order valence-electron chi connectivity index (χ3n) is 4.93. The van der Waals surface area contributed by atoms with Crippen LogP contribution in [0, 0.1) is 11.7 Å². The van der Waals surface area contributed by atoms with Crippen LogP contribution in [0.5, 0.6) is 0 Å². The molecule has 0 radical (unpaired) electrons. The molecule has 3 rings (SSSR count). The number of nitrogens with zero attached hydrogens (tertiary/aromatic N) is 1. The molecule has 162 valence electrons. The fourth-order valence-electron chi connectivity index (χ4n) is 3.29. The van der Waals surface area contributed by atoms with Gasteiger partial charge in [-0.25, -0.2) is 12.8 Å². The van der Waals surface area contributed by atoms with Gasteiger partial charge in [0.25, 0.3) is 0 Å². The summed E-state index contributed by atoms with van der Waals surface area (Å²) in [6.07, 6.45) is 1.27. The van der Waals surface area contributed by atoms with E-state index in [1.165, 1.54) is 22.0 Å². The number of sulfonamides is 1. The van der Waals surface area contributed by atoms with Gasteiger partial charge in [0.1, 0.15) is 5.82 Å². The van der Waals surface area contributed by atoms with E-state index in [2.05, 4.69) is 5.32 Å². The Morgan fingerprint density at radius 1 is 1.17 bits per heavy atom. The number of nitrogens with one attached hydrogen (secondary N) is 1. The van der Waals surface area contributed by atoms with E-state index < -0.39 is 15.8 Å². The number of carbonyl (C=O) groups excluding carboxylic acids is 1. The summed E-state index contributed by atoms with van der Waals surface area (Å²) in [4.78, 5) is 12.6. The maximum atomic E-state index is 13.1. The lowest BCUT2D eigenvalue weighted by Gasteiger charge is -2.31. The van der Waals surface area contributed by atoms with Gasteiger partial charge in [-0.1, -0.05) is 23.7 Å². The number of benzene rings is 2. The third-order valence-corrected chi connectivity index (χ3v) is 8.10. The highest BCUT2D eigenvalue weighted by atomic mass is 35.5. The predicted molar refractivity (Wildman–Crippen MR) is 119 cm³/mol. The second-order valence-corrected chi connectivity index (χ2v) is 10.6. The van der Waals surface area contributed by atoms with Crippen molar-refractivity contribution in [2.24, 2.45) is 5.92 Å². The second kappa shape index (κ2) is 10.6. The van der Waals surface area contributed by atoms with Crippen LogP contribution in [0.15, 0.2) is 53.4 Å². The first-order valence-corrected chi connectivity index (χ1v) is 12.7. The summed E-state index contributed by atoms with van der Waals surface area (Å²) < 4.78 is 40.0. The second-order valence-electron chi connectivity index (χ2n) is 7.13. The molecule has 1 heterocycles. The lowest BCUT2D eigenvalue weighted by molar-refractivity contribution is -0.125. The Bertz CT molecular complexity index is 953. The van der Waals surface area contributed by atoms with Crippen LogP contribution in [0.25, 0.3) is 0 Å². The van der Waals surface area contributed by atoms with Crippen LogP contribution in [0.4, 0.5) is 4.39 Å². The molecule has 0 spiro atoms. The van der Waals surface area contributed by atoms with E-state index in [9.17, 15) is 17.6 Å². The van der Waals surface area contributed by atoms with Crippen LogP contribution < -0.4 is 5.32 Å². The Hall–Kier alpha value is -1.61. The van der Waals surface area contributed by atoms with Crippen molar-refractivity contribution in [3.8, 4) is 0 Å². The van der Waals surface area contributed by atoms with Gasteiger partial charge in [-0.3, -0.25) is 4.79 Å². The SMILES string of the molecule is O=C(NCCSCc1ccc(Cl)cc1)C1CCCN(S(=O)(=O)c2ccc(F)cc2)C1. The van der Waals surface area contributed by atoms with E-state index >= 15 is 0 Å².